The van der Waals surface area contributed by atoms with Crippen molar-refractivity contribution in [2.45, 2.75) is 44.4 Å². The van der Waals surface area contributed by atoms with Gasteiger partial charge in [-0.2, -0.15) is 5.26 Å². The fraction of sp³-hybridized carbons (Fsp3) is 0.257. The minimum absolute atomic E-state index is 0.0354. The molecular weight excluding hydrogens is 597 g/mol. The SMILES string of the molecule is N#Cc1ccc(COc2cccc(-c3cc(F)c(Cc4nc5ccc(C(=O)O)cc5n4CC45CC(CCO4)C5)cc3F)n2)c(F)c1. The van der Waals surface area contributed by atoms with Gasteiger partial charge in [-0.15, -0.1) is 0 Å². The Bertz CT molecular complexity index is 2040. The molecule has 2 saturated heterocycles. The van der Waals surface area contributed by atoms with Gasteiger partial charge in [0.15, 0.2) is 0 Å². The smallest absolute Gasteiger partial charge is 0.335 e. The van der Waals surface area contributed by atoms with Gasteiger partial charge in [0.25, 0.3) is 0 Å². The highest BCUT2D eigenvalue weighted by molar-refractivity contribution is 5.92. The number of nitriles is 1. The number of imidazole rings is 1. The molecule has 0 unspecified atom stereocenters. The number of hydrogen-bond donors (Lipinski definition) is 1. The summed E-state index contributed by atoms with van der Waals surface area (Å²) in [5.41, 5.74) is 1.40. The number of carbonyl (C=O) groups is 1. The summed E-state index contributed by atoms with van der Waals surface area (Å²) >= 11 is 0. The summed E-state index contributed by atoms with van der Waals surface area (Å²) in [6, 6.07) is 17.3. The lowest BCUT2D eigenvalue weighted by Crippen LogP contribution is -2.54. The Morgan fingerprint density at radius 3 is 2.59 bits per heavy atom. The second-order valence-corrected chi connectivity index (χ2v) is 11.9. The molecule has 4 heterocycles. The first-order chi connectivity index (χ1) is 22.2. The van der Waals surface area contributed by atoms with E-state index in [1.807, 2.05) is 10.6 Å². The van der Waals surface area contributed by atoms with Crippen LogP contribution in [0.1, 0.15) is 52.1 Å². The van der Waals surface area contributed by atoms with Crippen LogP contribution in [0.5, 0.6) is 5.88 Å². The number of aromatic carboxylic acids is 1. The number of nitrogens with zero attached hydrogens (tertiary/aromatic N) is 4. The Kier molecular flexibility index (Phi) is 7.45. The highest BCUT2D eigenvalue weighted by Crippen LogP contribution is 2.48. The molecule has 2 aromatic heterocycles. The first kappa shape index (κ1) is 29.5. The van der Waals surface area contributed by atoms with Gasteiger partial charge < -0.3 is 19.1 Å². The molecular formula is C35H27F3N4O4. The molecule has 0 radical (unpaired) electrons. The standard InChI is InChI=1S/C35H27F3N4O4/c36-26-10-20(17-39)4-5-23(26)18-45-33-3-1-2-29(41-33)25-14-27(37)24(11-28(25)38)13-32-40-30-7-6-22(34(43)44)12-31(30)42(32)19-35-15-21(16-35)8-9-46-35/h1-7,10-12,14,21H,8-9,13,15-16,18-19H2,(H,43,44). The number of halogens is 3. The number of rotatable bonds is 9. The Balaban J connectivity index is 1.16. The van der Waals surface area contributed by atoms with Gasteiger partial charge in [-0.1, -0.05) is 12.1 Å². The lowest BCUT2D eigenvalue weighted by atomic mass is 9.67. The summed E-state index contributed by atoms with van der Waals surface area (Å²) in [4.78, 5) is 20.7. The van der Waals surface area contributed by atoms with Gasteiger partial charge in [-0.05, 0) is 79.3 Å². The van der Waals surface area contributed by atoms with E-state index in [0.717, 1.165) is 37.5 Å². The summed E-state index contributed by atoms with van der Waals surface area (Å²) in [5.74, 6) is -1.88. The molecule has 1 N–H and O–H groups in total. The van der Waals surface area contributed by atoms with Gasteiger partial charge in [0.2, 0.25) is 5.88 Å². The summed E-state index contributed by atoms with van der Waals surface area (Å²) in [5, 5.41) is 18.5. The van der Waals surface area contributed by atoms with Gasteiger partial charge in [-0.3, -0.25) is 0 Å². The maximum Gasteiger partial charge on any atom is 0.335 e. The van der Waals surface area contributed by atoms with E-state index in [-0.39, 0.29) is 58.0 Å². The molecule has 232 valence electrons. The molecule has 3 aliphatic rings. The number of aromatic nitrogens is 3. The van der Waals surface area contributed by atoms with Gasteiger partial charge in [0.1, 0.15) is 29.9 Å². The average molecular weight is 625 g/mol. The van der Waals surface area contributed by atoms with Crippen molar-refractivity contribution in [2.75, 3.05) is 6.61 Å². The molecule has 2 bridgehead atoms. The van der Waals surface area contributed by atoms with Crippen LogP contribution in [0.2, 0.25) is 0 Å². The number of hydrogen-bond acceptors (Lipinski definition) is 6. The van der Waals surface area contributed by atoms with E-state index in [1.165, 1.54) is 30.3 Å². The maximum atomic E-state index is 15.6. The molecule has 3 aromatic carbocycles. The second-order valence-electron chi connectivity index (χ2n) is 11.9. The molecule has 1 aliphatic carbocycles. The fourth-order valence-corrected chi connectivity index (χ4v) is 6.46. The van der Waals surface area contributed by atoms with Gasteiger partial charge in [-0.25, -0.2) is 27.9 Å². The van der Waals surface area contributed by atoms with Crippen LogP contribution in [-0.2, 0) is 24.3 Å². The third-order valence-corrected chi connectivity index (χ3v) is 8.82. The zero-order valence-electron chi connectivity index (χ0n) is 24.5. The highest BCUT2D eigenvalue weighted by Gasteiger charge is 2.49. The molecule has 8 rings (SSSR count). The molecule has 11 heteroatoms. The zero-order valence-corrected chi connectivity index (χ0v) is 24.5. The van der Waals surface area contributed by atoms with E-state index in [4.69, 9.17) is 19.7 Å². The topological polar surface area (TPSA) is 110 Å². The number of ether oxygens (including phenoxy) is 2. The maximum absolute atomic E-state index is 15.6. The van der Waals surface area contributed by atoms with E-state index in [9.17, 15) is 14.3 Å². The first-order valence-corrected chi connectivity index (χ1v) is 14.8. The largest absolute Gasteiger partial charge is 0.478 e. The minimum Gasteiger partial charge on any atom is -0.478 e. The summed E-state index contributed by atoms with van der Waals surface area (Å²) < 4.78 is 59.2. The van der Waals surface area contributed by atoms with Crippen LogP contribution in [0.25, 0.3) is 22.3 Å². The Morgan fingerprint density at radius 2 is 1.85 bits per heavy atom. The van der Waals surface area contributed by atoms with Crippen molar-refractivity contribution in [3.05, 3.63) is 112 Å². The van der Waals surface area contributed by atoms with Crippen LogP contribution in [0.3, 0.4) is 0 Å². The second kappa shape index (κ2) is 11.6. The average Bonchev–Trinajstić information content (AvgIpc) is 3.37. The van der Waals surface area contributed by atoms with Crippen molar-refractivity contribution in [3.8, 4) is 23.2 Å². The third-order valence-electron chi connectivity index (χ3n) is 8.82. The molecule has 3 fully saturated rings. The van der Waals surface area contributed by atoms with Gasteiger partial charge in [0, 0.05) is 30.2 Å². The predicted octanol–water partition coefficient (Wildman–Crippen LogP) is 6.82. The summed E-state index contributed by atoms with van der Waals surface area (Å²) in [7, 11) is 0. The fourth-order valence-electron chi connectivity index (χ4n) is 6.46. The van der Waals surface area contributed by atoms with Crippen LogP contribution in [0.15, 0.2) is 66.7 Å². The van der Waals surface area contributed by atoms with Crippen LogP contribution >= 0.6 is 0 Å². The quantitative estimate of drug-likeness (QED) is 0.192. The molecule has 0 amide bonds. The zero-order chi connectivity index (χ0) is 32.0. The number of carboxylic acid groups (broad SMARTS) is 1. The van der Waals surface area contributed by atoms with Crippen molar-refractivity contribution >= 4 is 17.0 Å². The van der Waals surface area contributed by atoms with Gasteiger partial charge in [0.05, 0.1) is 46.1 Å². The number of pyridine rings is 1. The number of fused-ring (bicyclic) bond motifs is 3. The Hall–Kier alpha value is -5.21. The van der Waals surface area contributed by atoms with E-state index >= 15 is 8.78 Å². The lowest BCUT2D eigenvalue weighted by molar-refractivity contribution is -0.184. The molecule has 8 nitrogen and oxygen atoms in total. The minimum atomic E-state index is -1.07. The third kappa shape index (κ3) is 5.56. The molecule has 1 saturated carbocycles. The van der Waals surface area contributed by atoms with Crippen molar-refractivity contribution < 1.29 is 32.5 Å². The van der Waals surface area contributed by atoms with E-state index in [0.29, 0.717) is 35.9 Å². The van der Waals surface area contributed by atoms with Crippen molar-refractivity contribution in [1.82, 2.24) is 14.5 Å². The van der Waals surface area contributed by atoms with E-state index in [2.05, 4.69) is 4.98 Å². The number of carboxylic acids is 1. The van der Waals surface area contributed by atoms with E-state index < -0.39 is 23.4 Å². The molecule has 2 aliphatic heterocycles. The first-order valence-electron chi connectivity index (χ1n) is 14.8. The Morgan fingerprint density at radius 1 is 1.02 bits per heavy atom. The van der Waals surface area contributed by atoms with Gasteiger partial charge >= 0.3 is 5.97 Å². The monoisotopic (exact) mass is 624 g/mol. The van der Waals surface area contributed by atoms with E-state index in [1.54, 1.807) is 18.2 Å². The summed E-state index contributed by atoms with van der Waals surface area (Å²) in [6.07, 6.45) is 2.76. The Labute approximate surface area is 261 Å². The lowest BCUT2D eigenvalue weighted by Gasteiger charge is -2.52. The molecule has 0 spiro atoms. The van der Waals surface area contributed by atoms with Crippen molar-refractivity contribution in [3.63, 3.8) is 0 Å². The normalized spacial score (nSPS) is 18.6. The van der Waals surface area contributed by atoms with Crippen LogP contribution in [-0.4, -0.2) is 37.8 Å². The highest BCUT2D eigenvalue weighted by atomic mass is 19.1. The van der Waals surface area contributed by atoms with Crippen LogP contribution < -0.4 is 4.74 Å². The predicted molar refractivity (Wildman–Crippen MR) is 161 cm³/mol. The molecule has 0 atom stereocenters. The van der Waals surface area contributed by atoms with Crippen LogP contribution in [0.4, 0.5) is 13.2 Å². The van der Waals surface area contributed by atoms with Crippen molar-refractivity contribution in [2.24, 2.45) is 5.92 Å². The summed E-state index contributed by atoms with van der Waals surface area (Å²) in [6.45, 7) is 0.913. The molecule has 46 heavy (non-hydrogen) atoms. The number of benzene rings is 3. The van der Waals surface area contributed by atoms with Crippen molar-refractivity contribution in [1.29, 1.82) is 5.26 Å². The molecule has 5 aromatic rings. The van der Waals surface area contributed by atoms with Crippen LogP contribution in [0, 0.1) is 34.7 Å².